The number of benzene rings is 3. The average molecular weight is 508 g/mol. The molecular weight excluding hydrogens is 478 g/mol. The first-order valence-electron chi connectivity index (χ1n) is 11.9. The average Bonchev–Trinajstić information content (AvgIpc) is 3.22. The third-order valence-electron chi connectivity index (χ3n) is 6.23. The van der Waals surface area contributed by atoms with Crippen LogP contribution in [0.25, 0.3) is 11.1 Å². The maximum atomic E-state index is 13.3. The van der Waals surface area contributed by atoms with Gasteiger partial charge in [-0.15, -0.1) is 0 Å². The van der Waals surface area contributed by atoms with Gasteiger partial charge in [-0.2, -0.15) is 4.31 Å². The highest BCUT2D eigenvalue weighted by Crippen LogP contribution is 2.29. The van der Waals surface area contributed by atoms with E-state index in [0.717, 1.165) is 36.8 Å². The predicted molar refractivity (Wildman–Crippen MR) is 137 cm³/mol. The molecule has 4 rings (SSSR count). The fraction of sp³-hybridized carbons (Fsp3) is 0.286. The monoisotopic (exact) mass is 507 g/mol. The molecule has 1 saturated heterocycles. The van der Waals surface area contributed by atoms with Crippen molar-refractivity contribution in [2.24, 2.45) is 0 Å². The molecule has 1 aliphatic rings. The van der Waals surface area contributed by atoms with Crippen LogP contribution in [0.3, 0.4) is 0 Å². The Labute approximate surface area is 211 Å². The highest BCUT2D eigenvalue weighted by atomic mass is 32.2. The summed E-state index contributed by atoms with van der Waals surface area (Å²) in [5.41, 5.74) is 2.46. The Hall–Kier alpha value is -3.49. The number of hydrogen-bond donors (Lipinski definition) is 0. The number of hydrogen-bond acceptors (Lipinski definition) is 6. The van der Waals surface area contributed by atoms with Crippen molar-refractivity contribution in [3.05, 3.63) is 83.9 Å². The molecule has 0 radical (unpaired) electrons. The van der Waals surface area contributed by atoms with Gasteiger partial charge in [0.05, 0.1) is 12.7 Å². The number of sulfonamides is 1. The van der Waals surface area contributed by atoms with Gasteiger partial charge in [-0.05, 0) is 42.2 Å². The number of methoxy groups -OCH3 is 1. The molecule has 3 aromatic rings. The minimum atomic E-state index is -3.85. The summed E-state index contributed by atoms with van der Waals surface area (Å²) in [4.78, 5) is 25.2. The lowest BCUT2D eigenvalue weighted by Crippen LogP contribution is -2.32. The number of esters is 1. The van der Waals surface area contributed by atoms with Gasteiger partial charge in [0.2, 0.25) is 10.0 Å². The lowest BCUT2D eigenvalue weighted by Gasteiger charge is -2.21. The Kier molecular flexibility index (Phi) is 8.18. The van der Waals surface area contributed by atoms with E-state index in [-0.39, 0.29) is 22.0 Å². The summed E-state index contributed by atoms with van der Waals surface area (Å²) in [5, 5.41) is 0. The number of carbonyl (C=O) groups is 2. The zero-order valence-electron chi connectivity index (χ0n) is 20.2. The van der Waals surface area contributed by atoms with Crippen LogP contribution in [-0.2, 0) is 14.8 Å². The van der Waals surface area contributed by atoms with Crippen molar-refractivity contribution < 1.29 is 27.5 Å². The van der Waals surface area contributed by atoms with Gasteiger partial charge in [0.25, 0.3) is 0 Å². The molecule has 0 aliphatic carbocycles. The van der Waals surface area contributed by atoms with Gasteiger partial charge in [0.15, 0.2) is 12.4 Å². The summed E-state index contributed by atoms with van der Waals surface area (Å²) in [6.45, 7) is 0.402. The largest absolute Gasteiger partial charge is 0.495 e. The molecule has 0 aromatic heterocycles. The Bertz CT molecular complexity index is 1310. The fourth-order valence-corrected chi connectivity index (χ4v) is 5.90. The lowest BCUT2D eigenvalue weighted by atomic mass is 10.0. The van der Waals surface area contributed by atoms with Crippen LogP contribution in [0.4, 0.5) is 0 Å². The Balaban J connectivity index is 1.45. The van der Waals surface area contributed by atoms with Crippen LogP contribution in [0.2, 0.25) is 0 Å². The van der Waals surface area contributed by atoms with E-state index in [1.807, 2.05) is 42.5 Å². The molecule has 0 atom stereocenters. The van der Waals surface area contributed by atoms with Crippen LogP contribution in [0.15, 0.2) is 77.7 Å². The summed E-state index contributed by atoms with van der Waals surface area (Å²) in [6, 6.07) is 21.0. The van der Waals surface area contributed by atoms with Crippen LogP contribution in [0.1, 0.15) is 46.4 Å². The van der Waals surface area contributed by atoms with Crippen molar-refractivity contribution in [1.29, 1.82) is 0 Å². The highest BCUT2D eigenvalue weighted by molar-refractivity contribution is 7.89. The van der Waals surface area contributed by atoms with Gasteiger partial charge >= 0.3 is 5.97 Å². The second kappa shape index (κ2) is 11.5. The molecule has 8 heteroatoms. The molecule has 1 heterocycles. The summed E-state index contributed by atoms with van der Waals surface area (Å²) < 4.78 is 38.6. The van der Waals surface area contributed by atoms with Crippen molar-refractivity contribution in [3.63, 3.8) is 0 Å². The molecule has 0 bridgehead atoms. The van der Waals surface area contributed by atoms with Gasteiger partial charge in [0, 0.05) is 18.7 Å². The Morgan fingerprint density at radius 2 is 1.42 bits per heavy atom. The van der Waals surface area contributed by atoms with E-state index in [2.05, 4.69) is 0 Å². The first-order chi connectivity index (χ1) is 17.4. The number of nitrogens with zero attached hydrogens (tertiary/aromatic N) is 1. The van der Waals surface area contributed by atoms with Gasteiger partial charge in [-0.1, -0.05) is 67.4 Å². The third-order valence-corrected chi connectivity index (χ3v) is 8.15. The van der Waals surface area contributed by atoms with Crippen molar-refractivity contribution in [3.8, 4) is 16.9 Å². The highest BCUT2D eigenvalue weighted by Gasteiger charge is 2.29. The van der Waals surface area contributed by atoms with E-state index >= 15 is 0 Å². The molecule has 0 unspecified atom stereocenters. The fourth-order valence-electron chi connectivity index (χ4n) is 4.20. The van der Waals surface area contributed by atoms with E-state index in [1.54, 1.807) is 12.1 Å². The SMILES string of the molecule is COc1ccc(C(=O)OCC(=O)c2ccc(-c3ccccc3)cc2)cc1S(=O)(=O)N1CCCCCC1. The third kappa shape index (κ3) is 5.83. The lowest BCUT2D eigenvalue weighted by molar-refractivity contribution is 0.0474. The molecule has 1 aliphatic heterocycles. The number of Topliss-reactive ketones (excluding diaryl/α,β-unsaturated/α-hetero) is 1. The molecule has 188 valence electrons. The summed E-state index contributed by atoms with van der Waals surface area (Å²) in [6.07, 6.45) is 3.55. The van der Waals surface area contributed by atoms with Crippen molar-refractivity contribution in [2.45, 2.75) is 30.6 Å². The zero-order valence-corrected chi connectivity index (χ0v) is 21.0. The number of ether oxygens (including phenoxy) is 2. The van der Waals surface area contributed by atoms with Crippen LogP contribution in [-0.4, -0.2) is 51.3 Å². The molecule has 36 heavy (non-hydrogen) atoms. The quantitative estimate of drug-likeness (QED) is 0.316. The van der Waals surface area contributed by atoms with E-state index in [4.69, 9.17) is 9.47 Å². The van der Waals surface area contributed by atoms with Crippen LogP contribution < -0.4 is 4.74 Å². The van der Waals surface area contributed by atoms with Crippen LogP contribution in [0.5, 0.6) is 5.75 Å². The Morgan fingerprint density at radius 1 is 0.806 bits per heavy atom. The van der Waals surface area contributed by atoms with Gasteiger partial charge < -0.3 is 9.47 Å². The normalized spacial score (nSPS) is 14.6. The number of ketones is 1. The molecule has 0 spiro atoms. The Morgan fingerprint density at radius 3 is 2.06 bits per heavy atom. The smallest absolute Gasteiger partial charge is 0.338 e. The maximum absolute atomic E-state index is 13.3. The molecule has 7 nitrogen and oxygen atoms in total. The number of rotatable bonds is 8. The second-order valence-corrected chi connectivity index (χ2v) is 10.5. The molecule has 0 amide bonds. The molecule has 1 fully saturated rings. The zero-order chi connectivity index (χ0) is 25.5. The maximum Gasteiger partial charge on any atom is 0.338 e. The van der Waals surface area contributed by atoms with Gasteiger partial charge in [-0.25, -0.2) is 13.2 Å². The predicted octanol–water partition coefficient (Wildman–Crippen LogP) is 4.97. The second-order valence-electron chi connectivity index (χ2n) is 8.63. The minimum absolute atomic E-state index is 0.0384. The molecule has 0 N–H and O–H groups in total. The minimum Gasteiger partial charge on any atom is -0.495 e. The van der Waals surface area contributed by atoms with Gasteiger partial charge in [-0.3, -0.25) is 4.79 Å². The van der Waals surface area contributed by atoms with Crippen molar-refractivity contribution in [2.75, 3.05) is 26.8 Å². The number of carbonyl (C=O) groups excluding carboxylic acids is 2. The molecule has 0 saturated carbocycles. The van der Waals surface area contributed by atoms with Crippen molar-refractivity contribution in [1.82, 2.24) is 4.31 Å². The standard InChI is InChI=1S/C28H29NO6S/c1-34-26-16-15-24(19-27(26)36(32,33)29-17-7-2-3-8-18-29)28(31)35-20-25(30)23-13-11-22(12-14-23)21-9-5-4-6-10-21/h4-6,9-16,19H,2-3,7-8,17-18,20H2,1H3. The van der Waals surface area contributed by atoms with E-state index in [0.29, 0.717) is 18.7 Å². The van der Waals surface area contributed by atoms with Gasteiger partial charge in [0.1, 0.15) is 10.6 Å². The van der Waals surface area contributed by atoms with Crippen LogP contribution >= 0.6 is 0 Å². The topological polar surface area (TPSA) is 90.0 Å². The molecule has 3 aromatic carbocycles. The van der Waals surface area contributed by atoms with E-state index in [1.165, 1.54) is 29.6 Å². The summed E-state index contributed by atoms with van der Waals surface area (Å²) in [7, 11) is -2.47. The van der Waals surface area contributed by atoms with E-state index in [9.17, 15) is 18.0 Å². The summed E-state index contributed by atoms with van der Waals surface area (Å²) in [5.74, 6) is -0.974. The summed E-state index contributed by atoms with van der Waals surface area (Å²) >= 11 is 0. The van der Waals surface area contributed by atoms with E-state index < -0.39 is 22.6 Å². The van der Waals surface area contributed by atoms with Crippen molar-refractivity contribution >= 4 is 21.8 Å². The molecular formula is C28H29NO6S. The van der Waals surface area contributed by atoms with Crippen LogP contribution in [0, 0.1) is 0 Å². The first kappa shape index (κ1) is 25.6. The first-order valence-corrected chi connectivity index (χ1v) is 13.4.